The van der Waals surface area contributed by atoms with Gasteiger partial charge < -0.3 is 29.6 Å². The Morgan fingerprint density at radius 3 is 2.41 bits per heavy atom. The van der Waals surface area contributed by atoms with Crippen LogP contribution >= 0.6 is 0 Å². The van der Waals surface area contributed by atoms with Gasteiger partial charge in [0.1, 0.15) is 18.0 Å². The normalized spacial score (nSPS) is 23.6. The SMILES string of the molecule is COc1ccc(NC(=O)NC2COC3C(OC(=O)Nc4cccc(C(F)(F)F)c4)COC23)cc1. The fourth-order valence-corrected chi connectivity index (χ4v) is 3.76. The van der Waals surface area contributed by atoms with Crippen molar-refractivity contribution in [3.63, 3.8) is 0 Å². The van der Waals surface area contributed by atoms with E-state index in [1.54, 1.807) is 31.4 Å². The van der Waals surface area contributed by atoms with Crippen LogP contribution in [0.3, 0.4) is 0 Å². The van der Waals surface area contributed by atoms with Gasteiger partial charge in [0.05, 0.1) is 31.9 Å². The lowest BCUT2D eigenvalue weighted by atomic mass is 10.1. The largest absolute Gasteiger partial charge is 0.497 e. The molecule has 3 N–H and O–H groups in total. The Morgan fingerprint density at radius 1 is 0.971 bits per heavy atom. The van der Waals surface area contributed by atoms with Crippen LogP contribution in [-0.4, -0.2) is 56.8 Å². The number of nitrogens with one attached hydrogen (secondary N) is 3. The van der Waals surface area contributed by atoms with Crippen molar-refractivity contribution < 1.29 is 41.7 Å². The number of ether oxygens (including phenoxy) is 4. The van der Waals surface area contributed by atoms with E-state index in [2.05, 4.69) is 16.0 Å². The Kier molecular flexibility index (Phi) is 6.80. The van der Waals surface area contributed by atoms with Crippen LogP contribution in [0.15, 0.2) is 48.5 Å². The molecule has 4 unspecified atom stereocenters. The Hall–Kier alpha value is -3.51. The summed E-state index contributed by atoms with van der Waals surface area (Å²) in [5.41, 5.74) is -0.388. The second-order valence-corrected chi connectivity index (χ2v) is 7.68. The van der Waals surface area contributed by atoms with E-state index in [-0.39, 0.29) is 18.9 Å². The number of halogens is 3. The Labute approximate surface area is 192 Å². The number of anilines is 2. The van der Waals surface area contributed by atoms with E-state index in [4.69, 9.17) is 18.9 Å². The lowest BCUT2D eigenvalue weighted by Gasteiger charge is -2.18. The van der Waals surface area contributed by atoms with Gasteiger partial charge in [-0.2, -0.15) is 13.2 Å². The van der Waals surface area contributed by atoms with E-state index in [9.17, 15) is 22.8 Å². The van der Waals surface area contributed by atoms with Crippen molar-refractivity contribution >= 4 is 23.5 Å². The van der Waals surface area contributed by atoms with Gasteiger partial charge in [-0.05, 0) is 42.5 Å². The molecule has 4 atom stereocenters. The second-order valence-electron chi connectivity index (χ2n) is 7.68. The van der Waals surface area contributed by atoms with Gasteiger partial charge in [0.15, 0.2) is 6.10 Å². The van der Waals surface area contributed by atoms with E-state index in [1.807, 2.05) is 0 Å². The summed E-state index contributed by atoms with van der Waals surface area (Å²) < 4.78 is 60.2. The van der Waals surface area contributed by atoms with Gasteiger partial charge >= 0.3 is 18.3 Å². The van der Waals surface area contributed by atoms with Gasteiger partial charge in [-0.3, -0.25) is 5.32 Å². The number of carbonyl (C=O) groups excluding carboxylic acids is 2. The van der Waals surface area contributed by atoms with Gasteiger partial charge in [0.25, 0.3) is 0 Å². The molecule has 0 saturated carbocycles. The summed E-state index contributed by atoms with van der Waals surface area (Å²) >= 11 is 0. The minimum absolute atomic E-state index is 0.0175. The van der Waals surface area contributed by atoms with Crippen molar-refractivity contribution in [2.24, 2.45) is 0 Å². The summed E-state index contributed by atoms with van der Waals surface area (Å²) in [4.78, 5) is 24.5. The molecule has 34 heavy (non-hydrogen) atoms. The van der Waals surface area contributed by atoms with Crippen molar-refractivity contribution in [2.45, 2.75) is 30.5 Å². The molecule has 2 aliphatic heterocycles. The molecule has 12 heteroatoms. The average Bonchev–Trinajstić information content (AvgIpc) is 3.37. The highest BCUT2D eigenvalue weighted by Crippen LogP contribution is 2.31. The van der Waals surface area contributed by atoms with E-state index >= 15 is 0 Å². The molecule has 0 bridgehead atoms. The van der Waals surface area contributed by atoms with Crippen molar-refractivity contribution in [1.29, 1.82) is 0 Å². The van der Waals surface area contributed by atoms with Gasteiger partial charge in [0.2, 0.25) is 0 Å². The lowest BCUT2D eigenvalue weighted by molar-refractivity contribution is -0.137. The number of hydrogen-bond acceptors (Lipinski definition) is 6. The number of methoxy groups -OCH3 is 1. The van der Waals surface area contributed by atoms with E-state index in [1.165, 1.54) is 12.1 Å². The molecule has 0 radical (unpaired) electrons. The Bertz CT molecular complexity index is 1030. The van der Waals surface area contributed by atoms with Crippen LogP contribution in [0.25, 0.3) is 0 Å². The third-order valence-electron chi connectivity index (χ3n) is 5.37. The summed E-state index contributed by atoms with van der Waals surface area (Å²) in [5.74, 6) is 0.653. The molecule has 0 spiro atoms. The van der Waals surface area contributed by atoms with Crippen molar-refractivity contribution in [2.75, 3.05) is 31.0 Å². The molecule has 4 rings (SSSR count). The molecule has 182 valence electrons. The molecule has 0 aromatic heterocycles. The van der Waals surface area contributed by atoms with Crippen LogP contribution in [0, 0.1) is 0 Å². The first-order valence-corrected chi connectivity index (χ1v) is 10.3. The highest BCUT2D eigenvalue weighted by Gasteiger charge is 2.50. The third kappa shape index (κ3) is 5.51. The summed E-state index contributed by atoms with van der Waals surface area (Å²) in [6.07, 6.45) is -7.43. The van der Waals surface area contributed by atoms with E-state index in [0.29, 0.717) is 11.4 Å². The van der Waals surface area contributed by atoms with Gasteiger partial charge in [-0.15, -0.1) is 0 Å². The monoisotopic (exact) mass is 481 g/mol. The first-order chi connectivity index (χ1) is 16.2. The third-order valence-corrected chi connectivity index (χ3v) is 5.37. The molecule has 0 aliphatic carbocycles. The minimum atomic E-state index is -4.53. The molecular weight excluding hydrogens is 459 g/mol. The molecule has 3 amide bonds. The molecule has 2 saturated heterocycles. The number of urea groups is 1. The number of benzene rings is 2. The first kappa shape index (κ1) is 23.6. The summed E-state index contributed by atoms with van der Waals surface area (Å²) in [6, 6.07) is 10.0. The molecule has 9 nitrogen and oxygen atoms in total. The predicted molar refractivity (Wildman–Crippen MR) is 114 cm³/mol. The fourth-order valence-electron chi connectivity index (χ4n) is 3.76. The molecule has 2 aromatic carbocycles. The molecule has 2 aliphatic rings. The van der Waals surface area contributed by atoms with Crippen LogP contribution in [-0.2, 0) is 20.4 Å². The predicted octanol–water partition coefficient (Wildman–Crippen LogP) is 3.62. The molecular formula is C22H22F3N3O6. The smallest absolute Gasteiger partial charge is 0.416 e. The van der Waals surface area contributed by atoms with Crippen molar-refractivity contribution in [3.8, 4) is 5.75 Å². The summed E-state index contributed by atoms with van der Waals surface area (Å²) in [6.45, 7) is 0.157. The zero-order valence-corrected chi connectivity index (χ0v) is 17.9. The number of amides is 3. The van der Waals surface area contributed by atoms with E-state index in [0.717, 1.165) is 12.1 Å². The summed E-state index contributed by atoms with van der Waals surface area (Å²) in [5, 5.41) is 7.74. The highest BCUT2D eigenvalue weighted by atomic mass is 19.4. The van der Waals surface area contributed by atoms with Crippen LogP contribution in [0.4, 0.5) is 34.1 Å². The van der Waals surface area contributed by atoms with Gasteiger partial charge in [-0.1, -0.05) is 6.07 Å². The standard InChI is InChI=1S/C22H22F3N3O6/c1-31-15-7-5-13(6-8-15)26-20(29)28-16-10-32-19-17(11-33-18(16)19)34-21(30)27-14-4-2-3-12(9-14)22(23,24)25/h2-9,16-19H,10-11H2,1H3,(H,27,30)(H2,26,28,29). The second kappa shape index (κ2) is 9.77. The Balaban J connectivity index is 1.28. The topological polar surface area (TPSA) is 107 Å². The minimum Gasteiger partial charge on any atom is -0.497 e. The average molecular weight is 481 g/mol. The lowest BCUT2D eigenvalue weighted by Crippen LogP contribution is -2.46. The molecule has 2 heterocycles. The fraction of sp³-hybridized carbons (Fsp3) is 0.364. The number of fused-ring (bicyclic) bond motifs is 1. The molecule has 2 aromatic rings. The zero-order chi connectivity index (χ0) is 24.3. The van der Waals surface area contributed by atoms with Crippen LogP contribution < -0.4 is 20.7 Å². The molecule has 2 fully saturated rings. The Morgan fingerprint density at radius 2 is 1.71 bits per heavy atom. The first-order valence-electron chi connectivity index (χ1n) is 10.3. The van der Waals surface area contributed by atoms with Gasteiger partial charge in [0, 0.05) is 11.4 Å². The number of rotatable bonds is 5. The maximum atomic E-state index is 12.8. The number of hydrogen-bond donors (Lipinski definition) is 3. The number of alkyl halides is 3. The maximum Gasteiger partial charge on any atom is 0.416 e. The van der Waals surface area contributed by atoms with Crippen molar-refractivity contribution in [3.05, 3.63) is 54.1 Å². The highest BCUT2D eigenvalue weighted by molar-refractivity contribution is 5.89. The zero-order valence-electron chi connectivity index (χ0n) is 17.9. The number of carbonyl (C=O) groups is 2. The van der Waals surface area contributed by atoms with Crippen LogP contribution in [0.2, 0.25) is 0 Å². The summed E-state index contributed by atoms with van der Waals surface area (Å²) in [7, 11) is 1.54. The van der Waals surface area contributed by atoms with Crippen molar-refractivity contribution in [1.82, 2.24) is 5.32 Å². The van der Waals surface area contributed by atoms with Gasteiger partial charge in [-0.25, -0.2) is 9.59 Å². The van der Waals surface area contributed by atoms with Crippen LogP contribution in [0.1, 0.15) is 5.56 Å². The maximum absolute atomic E-state index is 12.8. The van der Waals surface area contributed by atoms with Crippen LogP contribution in [0.5, 0.6) is 5.75 Å². The van der Waals surface area contributed by atoms with E-state index < -0.39 is 48.2 Å². The quantitative estimate of drug-likeness (QED) is 0.602.